The van der Waals surface area contributed by atoms with Crippen LogP contribution in [0.5, 0.6) is 0 Å². The van der Waals surface area contributed by atoms with Gasteiger partial charge in [0.05, 0.1) is 4.47 Å². The number of hydrogen-bond acceptors (Lipinski definition) is 3. The number of oxime groups is 1. The summed E-state index contributed by atoms with van der Waals surface area (Å²) in [4.78, 5) is 1.73. The molecule has 1 atom stereocenters. The standard InChI is InChI=1S/C12H16BrF2N3O/c1-7(5-11(16)17-19)18(2)6-8-10(14)4-3-9(13)12(8)15/h3-4,7,19H,5-6H2,1-2H3,(H2,16,17). The van der Waals surface area contributed by atoms with Gasteiger partial charge in [-0.3, -0.25) is 4.90 Å². The molecule has 0 aliphatic heterocycles. The highest BCUT2D eigenvalue weighted by Crippen LogP contribution is 2.23. The lowest BCUT2D eigenvalue weighted by atomic mass is 10.1. The predicted octanol–water partition coefficient (Wildman–Crippen LogP) is 2.68. The summed E-state index contributed by atoms with van der Waals surface area (Å²) in [5.74, 6) is -1.12. The molecule has 0 bridgehead atoms. The van der Waals surface area contributed by atoms with Gasteiger partial charge in [-0.2, -0.15) is 0 Å². The molecule has 1 unspecified atom stereocenters. The van der Waals surface area contributed by atoms with Crippen molar-refractivity contribution in [2.24, 2.45) is 10.9 Å². The van der Waals surface area contributed by atoms with Crippen LogP contribution >= 0.6 is 15.9 Å². The Hall–Kier alpha value is -1.21. The fourth-order valence-corrected chi connectivity index (χ4v) is 1.99. The molecule has 106 valence electrons. The minimum atomic E-state index is -0.608. The number of nitrogens with zero attached hydrogens (tertiary/aromatic N) is 2. The third-order valence-corrected chi connectivity index (χ3v) is 3.54. The molecular formula is C12H16BrF2N3O. The lowest BCUT2D eigenvalue weighted by molar-refractivity contribution is 0.244. The van der Waals surface area contributed by atoms with Gasteiger partial charge in [-0.05, 0) is 42.0 Å². The molecule has 0 radical (unpaired) electrons. The average Bonchev–Trinajstić information content (AvgIpc) is 2.38. The number of halogens is 3. The Bertz CT molecular complexity index is 482. The van der Waals surface area contributed by atoms with Crippen LogP contribution in [-0.4, -0.2) is 29.0 Å². The Morgan fingerprint density at radius 3 is 2.74 bits per heavy atom. The van der Waals surface area contributed by atoms with Gasteiger partial charge in [0.25, 0.3) is 0 Å². The van der Waals surface area contributed by atoms with E-state index < -0.39 is 11.6 Å². The van der Waals surface area contributed by atoms with Crippen LogP contribution in [0.1, 0.15) is 18.9 Å². The van der Waals surface area contributed by atoms with Gasteiger partial charge in [-0.1, -0.05) is 5.16 Å². The molecular weight excluding hydrogens is 320 g/mol. The summed E-state index contributed by atoms with van der Waals surface area (Å²) < 4.78 is 27.6. The monoisotopic (exact) mass is 335 g/mol. The van der Waals surface area contributed by atoms with Gasteiger partial charge in [0, 0.05) is 24.6 Å². The maximum Gasteiger partial charge on any atom is 0.144 e. The summed E-state index contributed by atoms with van der Waals surface area (Å²) in [6, 6.07) is 2.42. The molecule has 4 nitrogen and oxygen atoms in total. The summed E-state index contributed by atoms with van der Waals surface area (Å²) in [6.07, 6.45) is 0.310. The van der Waals surface area contributed by atoms with Crippen molar-refractivity contribution in [3.8, 4) is 0 Å². The van der Waals surface area contributed by atoms with Crippen molar-refractivity contribution in [2.45, 2.75) is 25.9 Å². The summed E-state index contributed by atoms with van der Waals surface area (Å²) >= 11 is 3.03. The molecule has 0 aliphatic carbocycles. The number of nitrogens with two attached hydrogens (primary N) is 1. The minimum absolute atomic E-state index is 0.0109. The normalized spacial score (nSPS) is 13.9. The van der Waals surface area contributed by atoms with Crippen LogP contribution in [0, 0.1) is 11.6 Å². The Balaban J connectivity index is 2.82. The van der Waals surface area contributed by atoms with E-state index in [-0.39, 0.29) is 28.5 Å². The highest BCUT2D eigenvalue weighted by atomic mass is 79.9. The smallest absolute Gasteiger partial charge is 0.144 e. The molecule has 7 heteroatoms. The zero-order chi connectivity index (χ0) is 14.6. The van der Waals surface area contributed by atoms with Crippen LogP contribution < -0.4 is 5.73 Å². The molecule has 0 saturated carbocycles. The molecule has 0 heterocycles. The van der Waals surface area contributed by atoms with Crippen molar-refractivity contribution in [1.29, 1.82) is 0 Å². The third-order valence-electron chi connectivity index (χ3n) is 2.93. The van der Waals surface area contributed by atoms with Crippen molar-refractivity contribution in [3.63, 3.8) is 0 Å². The van der Waals surface area contributed by atoms with Crippen LogP contribution in [0.15, 0.2) is 21.8 Å². The zero-order valence-corrected chi connectivity index (χ0v) is 12.3. The molecule has 3 N–H and O–H groups in total. The summed E-state index contributed by atoms with van der Waals surface area (Å²) in [6.45, 7) is 1.92. The van der Waals surface area contributed by atoms with E-state index in [4.69, 9.17) is 10.9 Å². The van der Waals surface area contributed by atoms with Crippen LogP contribution in [0.4, 0.5) is 8.78 Å². The second kappa shape index (κ2) is 6.81. The van der Waals surface area contributed by atoms with Crippen LogP contribution in [0.3, 0.4) is 0 Å². The zero-order valence-electron chi connectivity index (χ0n) is 10.7. The van der Waals surface area contributed by atoms with E-state index in [1.165, 1.54) is 12.1 Å². The average molecular weight is 336 g/mol. The molecule has 0 aromatic heterocycles. The molecule has 0 saturated heterocycles. The molecule has 0 aliphatic rings. The molecule has 0 amide bonds. The Morgan fingerprint density at radius 1 is 1.53 bits per heavy atom. The van der Waals surface area contributed by atoms with Crippen LogP contribution in [-0.2, 0) is 6.54 Å². The number of rotatable bonds is 5. The Kier molecular flexibility index (Phi) is 5.68. The van der Waals surface area contributed by atoms with E-state index >= 15 is 0 Å². The van der Waals surface area contributed by atoms with Crippen molar-refractivity contribution in [3.05, 3.63) is 33.8 Å². The van der Waals surface area contributed by atoms with Gasteiger partial charge in [-0.25, -0.2) is 8.78 Å². The second-order valence-electron chi connectivity index (χ2n) is 4.38. The van der Waals surface area contributed by atoms with Crippen LogP contribution in [0.25, 0.3) is 0 Å². The maximum absolute atomic E-state index is 13.8. The predicted molar refractivity (Wildman–Crippen MR) is 73.0 cm³/mol. The first kappa shape index (κ1) is 15.8. The SMILES string of the molecule is CC(C/C(N)=N/O)N(C)Cc1c(F)ccc(Br)c1F. The van der Waals surface area contributed by atoms with Crippen molar-refractivity contribution in [2.75, 3.05) is 7.05 Å². The number of benzene rings is 1. The van der Waals surface area contributed by atoms with Crippen molar-refractivity contribution >= 4 is 21.8 Å². The molecule has 0 spiro atoms. The lowest BCUT2D eigenvalue weighted by Crippen LogP contribution is -2.33. The van der Waals surface area contributed by atoms with E-state index in [0.717, 1.165) is 0 Å². The van der Waals surface area contributed by atoms with Gasteiger partial charge in [-0.15, -0.1) is 0 Å². The summed E-state index contributed by atoms with van der Waals surface area (Å²) in [7, 11) is 1.72. The Morgan fingerprint density at radius 2 is 2.16 bits per heavy atom. The van der Waals surface area contributed by atoms with Gasteiger partial charge < -0.3 is 10.9 Å². The van der Waals surface area contributed by atoms with Crippen molar-refractivity contribution < 1.29 is 14.0 Å². The molecule has 19 heavy (non-hydrogen) atoms. The minimum Gasteiger partial charge on any atom is -0.409 e. The summed E-state index contributed by atoms with van der Waals surface area (Å²) in [5, 5.41) is 11.4. The number of amidine groups is 1. The highest BCUT2D eigenvalue weighted by molar-refractivity contribution is 9.10. The molecule has 1 aromatic carbocycles. The fourth-order valence-electron chi connectivity index (χ4n) is 1.62. The van der Waals surface area contributed by atoms with Crippen LogP contribution in [0.2, 0.25) is 0 Å². The first-order valence-electron chi connectivity index (χ1n) is 5.65. The second-order valence-corrected chi connectivity index (χ2v) is 5.24. The van der Waals surface area contributed by atoms with Gasteiger partial charge in [0.1, 0.15) is 17.5 Å². The van der Waals surface area contributed by atoms with Gasteiger partial charge in [0.15, 0.2) is 0 Å². The Labute approximate surface area is 119 Å². The van der Waals surface area contributed by atoms with E-state index in [9.17, 15) is 8.78 Å². The van der Waals surface area contributed by atoms with E-state index in [1.54, 1.807) is 11.9 Å². The quantitative estimate of drug-likeness (QED) is 0.286. The largest absolute Gasteiger partial charge is 0.409 e. The fraction of sp³-hybridized carbons (Fsp3) is 0.417. The van der Waals surface area contributed by atoms with Gasteiger partial charge >= 0.3 is 0 Å². The van der Waals surface area contributed by atoms with Crippen molar-refractivity contribution in [1.82, 2.24) is 4.90 Å². The molecule has 1 aromatic rings. The van der Waals surface area contributed by atoms with E-state index in [1.807, 2.05) is 6.92 Å². The summed E-state index contributed by atoms with van der Waals surface area (Å²) in [5.41, 5.74) is 5.40. The third kappa shape index (κ3) is 4.14. The highest BCUT2D eigenvalue weighted by Gasteiger charge is 2.18. The van der Waals surface area contributed by atoms with E-state index in [0.29, 0.717) is 6.42 Å². The first-order chi connectivity index (χ1) is 8.86. The number of hydrogen-bond donors (Lipinski definition) is 2. The first-order valence-corrected chi connectivity index (χ1v) is 6.45. The molecule has 1 rings (SSSR count). The molecule has 0 fully saturated rings. The topological polar surface area (TPSA) is 61.9 Å². The van der Waals surface area contributed by atoms with E-state index in [2.05, 4.69) is 21.1 Å². The lowest BCUT2D eigenvalue weighted by Gasteiger charge is -2.24. The maximum atomic E-state index is 13.8. The van der Waals surface area contributed by atoms with Gasteiger partial charge in [0.2, 0.25) is 0 Å².